The first-order valence-corrected chi connectivity index (χ1v) is 7.55. The SMILES string of the molecule is COCC(NC(=O)CNC(=O)c1ccc(C(C)(C)C)cc1)C(=O)O. The van der Waals surface area contributed by atoms with Crippen molar-refractivity contribution in [2.24, 2.45) is 0 Å². The zero-order valence-electron chi connectivity index (χ0n) is 14.4. The maximum atomic E-state index is 12.0. The van der Waals surface area contributed by atoms with E-state index in [0.29, 0.717) is 5.56 Å². The molecule has 1 aromatic rings. The molecule has 7 heteroatoms. The summed E-state index contributed by atoms with van der Waals surface area (Å²) >= 11 is 0. The molecule has 0 bridgehead atoms. The van der Waals surface area contributed by atoms with E-state index in [4.69, 9.17) is 9.84 Å². The van der Waals surface area contributed by atoms with Gasteiger partial charge in [0.1, 0.15) is 0 Å². The molecule has 1 aromatic carbocycles. The van der Waals surface area contributed by atoms with Crippen molar-refractivity contribution in [2.75, 3.05) is 20.3 Å². The van der Waals surface area contributed by atoms with Crippen LogP contribution in [0.4, 0.5) is 0 Å². The molecule has 24 heavy (non-hydrogen) atoms. The summed E-state index contributed by atoms with van der Waals surface area (Å²) in [5.41, 5.74) is 1.52. The van der Waals surface area contributed by atoms with Crippen LogP contribution in [0.2, 0.25) is 0 Å². The first kappa shape index (κ1) is 19.6. The van der Waals surface area contributed by atoms with Crippen molar-refractivity contribution < 1.29 is 24.2 Å². The van der Waals surface area contributed by atoms with Crippen molar-refractivity contribution in [2.45, 2.75) is 32.2 Å². The molecule has 0 aromatic heterocycles. The van der Waals surface area contributed by atoms with Gasteiger partial charge in [-0.15, -0.1) is 0 Å². The highest BCUT2D eigenvalue weighted by molar-refractivity contribution is 5.96. The third-order valence-corrected chi connectivity index (χ3v) is 3.39. The van der Waals surface area contributed by atoms with Crippen LogP contribution in [0.25, 0.3) is 0 Å². The lowest BCUT2D eigenvalue weighted by molar-refractivity contribution is -0.143. The Morgan fingerprint density at radius 1 is 1.17 bits per heavy atom. The summed E-state index contributed by atoms with van der Waals surface area (Å²) in [6.45, 7) is 5.76. The van der Waals surface area contributed by atoms with E-state index in [9.17, 15) is 14.4 Å². The summed E-state index contributed by atoms with van der Waals surface area (Å²) in [6, 6.07) is 5.98. The summed E-state index contributed by atoms with van der Waals surface area (Å²) in [7, 11) is 1.34. The maximum Gasteiger partial charge on any atom is 0.328 e. The number of carbonyl (C=O) groups is 3. The highest BCUT2D eigenvalue weighted by Crippen LogP contribution is 2.22. The Bertz CT molecular complexity index is 590. The topological polar surface area (TPSA) is 105 Å². The molecule has 0 aliphatic rings. The van der Waals surface area contributed by atoms with Gasteiger partial charge in [0.25, 0.3) is 5.91 Å². The van der Waals surface area contributed by atoms with Gasteiger partial charge in [-0.25, -0.2) is 4.79 Å². The van der Waals surface area contributed by atoms with Crippen LogP contribution in [0.1, 0.15) is 36.7 Å². The number of benzene rings is 1. The fraction of sp³-hybridized carbons (Fsp3) is 0.471. The molecule has 0 aliphatic heterocycles. The molecule has 3 N–H and O–H groups in total. The number of carboxylic acid groups (broad SMARTS) is 1. The van der Waals surface area contributed by atoms with Crippen LogP contribution in [-0.4, -0.2) is 49.2 Å². The molecule has 0 heterocycles. The second-order valence-corrected chi connectivity index (χ2v) is 6.42. The van der Waals surface area contributed by atoms with Gasteiger partial charge in [-0.3, -0.25) is 9.59 Å². The van der Waals surface area contributed by atoms with Gasteiger partial charge in [-0.05, 0) is 23.1 Å². The molecule has 1 rings (SSSR count). The number of hydrogen-bond acceptors (Lipinski definition) is 4. The van der Waals surface area contributed by atoms with Gasteiger partial charge in [0, 0.05) is 12.7 Å². The molecule has 1 unspecified atom stereocenters. The first-order valence-electron chi connectivity index (χ1n) is 7.55. The fourth-order valence-electron chi connectivity index (χ4n) is 1.97. The fourth-order valence-corrected chi connectivity index (χ4v) is 1.97. The van der Waals surface area contributed by atoms with E-state index in [0.717, 1.165) is 5.56 Å². The molecule has 0 spiro atoms. The lowest BCUT2D eigenvalue weighted by Gasteiger charge is -2.19. The van der Waals surface area contributed by atoms with Crippen LogP contribution in [0.15, 0.2) is 24.3 Å². The molecule has 0 fully saturated rings. The molecule has 2 amide bonds. The van der Waals surface area contributed by atoms with Gasteiger partial charge in [-0.2, -0.15) is 0 Å². The van der Waals surface area contributed by atoms with Crippen LogP contribution in [0.5, 0.6) is 0 Å². The van der Waals surface area contributed by atoms with Crippen LogP contribution >= 0.6 is 0 Å². The van der Waals surface area contributed by atoms with Gasteiger partial charge in [0.05, 0.1) is 13.2 Å². The molecule has 7 nitrogen and oxygen atoms in total. The van der Waals surface area contributed by atoms with Crippen molar-refractivity contribution in [3.63, 3.8) is 0 Å². The maximum absolute atomic E-state index is 12.0. The molecule has 1 atom stereocenters. The standard InChI is InChI=1S/C17H24N2O5/c1-17(2,3)12-7-5-11(6-8-12)15(21)18-9-14(20)19-13(10-24-4)16(22)23/h5-8,13H,9-10H2,1-4H3,(H,18,21)(H,19,20)(H,22,23). The highest BCUT2D eigenvalue weighted by Gasteiger charge is 2.20. The van der Waals surface area contributed by atoms with E-state index in [1.54, 1.807) is 12.1 Å². The average molecular weight is 336 g/mol. The smallest absolute Gasteiger partial charge is 0.328 e. The molecule has 0 saturated heterocycles. The molecular weight excluding hydrogens is 312 g/mol. The molecule has 0 radical (unpaired) electrons. The minimum absolute atomic E-state index is 0.0118. The Kier molecular flexibility index (Phi) is 6.91. The number of carbonyl (C=O) groups excluding carboxylic acids is 2. The average Bonchev–Trinajstić information content (AvgIpc) is 2.51. The molecular formula is C17H24N2O5. The predicted molar refractivity (Wildman–Crippen MR) is 88.9 cm³/mol. The van der Waals surface area contributed by atoms with E-state index in [-0.39, 0.29) is 18.6 Å². The van der Waals surface area contributed by atoms with Crippen molar-refractivity contribution in [1.29, 1.82) is 0 Å². The number of carboxylic acids is 1. The van der Waals surface area contributed by atoms with Gasteiger partial charge in [-0.1, -0.05) is 32.9 Å². The number of methoxy groups -OCH3 is 1. The lowest BCUT2D eigenvalue weighted by atomic mass is 9.87. The summed E-state index contributed by atoms with van der Waals surface area (Å²) in [5, 5.41) is 13.7. The monoisotopic (exact) mass is 336 g/mol. The minimum atomic E-state index is -1.20. The van der Waals surface area contributed by atoms with E-state index in [1.165, 1.54) is 7.11 Å². The van der Waals surface area contributed by atoms with E-state index in [2.05, 4.69) is 31.4 Å². The zero-order chi connectivity index (χ0) is 18.3. The largest absolute Gasteiger partial charge is 0.480 e. The number of amides is 2. The van der Waals surface area contributed by atoms with E-state index < -0.39 is 23.8 Å². The second-order valence-electron chi connectivity index (χ2n) is 6.42. The van der Waals surface area contributed by atoms with Crippen LogP contribution in [0, 0.1) is 0 Å². The Labute approximate surface area is 141 Å². The van der Waals surface area contributed by atoms with Crippen LogP contribution < -0.4 is 10.6 Å². The molecule has 0 saturated carbocycles. The predicted octanol–water partition coefficient (Wildman–Crippen LogP) is 0.930. The van der Waals surface area contributed by atoms with Crippen molar-refractivity contribution in [3.8, 4) is 0 Å². The lowest BCUT2D eigenvalue weighted by Crippen LogP contribution is -2.47. The van der Waals surface area contributed by atoms with Gasteiger partial charge in [0.2, 0.25) is 5.91 Å². The van der Waals surface area contributed by atoms with Crippen LogP contribution in [0.3, 0.4) is 0 Å². The minimum Gasteiger partial charge on any atom is -0.480 e. The highest BCUT2D eigenvalue weighted by atomic mass is 16.5. The number of aliphatic carboxylic acids is 1. The van der Waals surface area contributed by atoms with E-state index in [1.807, 2.05) is 12.1 Å². The summed E-state index contributed by atoms with van der Waals surface area (Å²) in [4.78, 5) is 34.6. The van der Waals surface area contributed by atoms with Crippen molar-refractivity contribution in [1.82, 2.24) is 10.6 Å². The first-order chi connectivity index (χ1) is 11.1. The van der Waals surface area contributed by atoms with Gasteiger partial charge in [0.15, 0.2) is 6.04 Å². The normalized spacial score (nSPS) is 12.3. The Morgan fingerprint density at radius 3 is 2.21 bits per heavy atom. The van der Waals surface area contributed by atoms with Crippen LogP contribution in [-0.2, 0) is 19.7 Å². The summed E-state index contributed by atoms with van der Waals surface area (Å²) in [6.07, 6.45) is 0. The molecule has 132 valence electrons. The Balaban J connectivity index is 2.56. The van der Waals surface area contributed by atoms with Crippen molar-refractivity contribution >= 4 is 17.8 Å². The Morgan fingerprint density at radius 2 is 1.75 bits per heavy atom. The summed E-state index contributed by atoms with van der Waals surface area (Å²) < 4.78 is 4.72. The Hall–Kier alpha value is -2.41. The zero-order valence-corrected chi connectivity index (χ0v) is 14.4. The number of ether oxygens (including phenoxy) is 1. The number of nitrogens with one attached hydrogen (secondary N) is 2. The number of hydrogen-bond donors (Lipinski definition) is 3. The summed E-state index contributed by atoms with van der Waals surface area (Å²) in [5.74, 6) is -2.20. The third kappa shape index (κ3) is 6.00. The van der Waals surface area contributed by atoms with Crippen molar-refractivity contribution in [3.05, 3.63) is 35.4 Å². The van der Waals surface area contributed by atoms with Gasteiger partial charge >= 0.3 is 5.97 Å². The third-order valence-electron chi connectivity index (χ3n) is 3.39. The van der Waals surface area contributed by atoms with Gasteiger partial charge < -0.3 is 20.5 Å². The molecule has 0 aliphatic carbocycles. The van der Waals surface area contributed by atoms with E-state index >= 15 is 0 Å². The quantitative estimate of drug-likeness (QED) is 0.687. The number of rotatable bonds is 7. The second kappa shape index (κ2) is 8.44.